The van der Waals surface area contributed by atoms with E-state index in [2.05, 4.69) is 0 Å². The first-order valence-electron chi connectivity index (χ1n) is 9.55. The van der Waals surface area contributed by atoms with E-state index in [0.717, 1.165) is 17.5 Å². The molecular formula is C20H28N2O4S. The summed E-state index contributed by atoms with van der Waals surface area (Å²) in [6.45, 7) is 5.35. The van der Waals surface area contributed by atoms with Crippen molar-refractivity contribution in [3.05, 3.63) is 34.9 Å². The molecule has 1 aromatic rings. The first-order valence-corrected chi connectivity index (χ1v) is 11.4. The number of nitrogens with zero attached hydrogens (tertiary/aromatic N) is 2. The van der Waals surface area contributed by atoms with Crippen molar-refractivity contribution in [3.8, 4) is 0 Å². The SMILES string of the molecule is Cc1ccc(C(=O)C2CCCN2C(=O)C2CCN(S(C)(=O)=O)CC2)cc1C. The number of amides is 1. The van der Waals surface area contributed by atoms with Crippen LogP contribution in [-0.2, 0) is 14.8 Å². The predicted octanol–water partition coefficient (Wildman–Crippen LogP) is 2.15. The van der Waals surface area contributed by atoms with E-state index in [-0.39, 0.29) is 17.6 Å². The van der Waals surface area contributed by atoms with Crippen molar-refractivity contribution in [2.75, 3.05) is 25.9 Å². The zero-order valence-electron chi connectivity index (χ0n) is 16.3. The molecule has 0 aliphatic carbocycles. The molecule has 2 saturated heterocycles. The maximum Gasteiger partial charge on any atom is 0.226 e. The fraction of sp³-hybridized carbons (Fsp3) is 0.600. The van der Waals surface area contributed by atoms with E-state index in [4.69, 9.17) is 0 Å². The number of carbonyl (C=O) groups excluding carboxylic acids is 2. The van der Waals surface area contributed by atoms with Gasteiger partial charge in [-0.1, -0.05) is 12.1 Å². The summed E-state index contributed by atoms with van der Waals surface area (Å²) >= 11 is 0. The fourth-order valence-corrected chi connectivity index (χ4v) is 4.93. The van der Waals surface area contributed by atoms with Crippen LogP contribution in [0.15, 0.2) is 18.2 Å². The molecule has 2 heterocycles. The van der Waals surface area contributed by atoms with Gasteiger partial charge < -0.3 is 4.90 Å². The van der Waals surface area contributed by atoms with Gasteiger partial charge in [-0.05, 0) is 56.7 Å². The molecule has 0 saturated carbocycles. The second-order valence-corrected chi connectivity index (χ2v) is 9.77. The highest BCUT2D eigenvalue weighted by atomic mass is 32.2. The third-order valence-corrected chi connectivity index (χ3v) is 7.21. The lowest BCUT2D eigenvalue weighted by Crippen LogP contribution is -2.47. The third kappa shape index (κ3) is 4.24. The van der Waals surface area contributed by atoms with Crippen molar-refractivity contribution < 1.29 is 18.0 Å². The van der Waals surface area contributed by atoms with Gasteiger partial charge in [0.25, 0.3) is 0 Å². The Morgan fingerprint density at radius 2 is 1.67 bits per heavy atom. The van der Waals surface area contributed by atoms with E-state index >= 15 is 0 Å². The van der Waals surface area contributed by atoms with E-state index in [1.807, 2.05) is 32.0 Å². The van der Waals surface area contributed by atoms with Gasteiger partial charge in [0, 0.05) is 31.1 Å². The maximum atomic E-state index is 13.0. The van der Waals surface area contributed by atoms with Crippen LogP contribution in [0, 0.1) is 19.8 Å². The van der Waals surface area contributed by atoms with Gasteiger partial charge in [0.2, 0.25) is 15.9 Å². The number of sulfonamides is 1. The van der Waals surface area contributed by atoms with E-state index in [1.54, 1.807) is 4.90 Å². The first kappa shape index (κ1) is 20.0. The second-order valence-electron chi connectivity index (χ2n) is 7.79. The van der Waals surface area contributed by atoms with Gasteiger partial charge in [-0.15, -0.1) is 0 Å². The van der Waals surface area contributed by atoms with Gasteiger partial charge in [0.1, 0.15) is 0 Å². The largest absolute Gasteiger partial charge is 0.332 e. The Hall–Kier alpha value is -1.73. The number of Topliss-reactive ketones (excluding diaryl/α,β-unsaturated/α-hetero) is 1. The highest BCUT2D eigenvalue weighted by molar-refractivity contribution is 7.88. The number of hydrogen-bond donors (Lipinski definition) is 0. The predicted molar refractivity (Wildman–Crippen MR) is 104 cm³/mol. The monoisotopic (exact) mass is 392 g/mol. The average Bonchev–Trinajstić information content (AvgIpc) is 3.12. The van der Waals surface area contributed by atoms with Crippen molar-refractivity contribution in [3.63, 3.8) is 0 Å². The molecule has 6 nitrogen and oxygen atoms in total. The zero-order valence-corrected chi connectivity index (χ0v) is 17.1. The molecule has 2 aliphatic heterocycles. The van der Waals surface area contributed by atoms with Gasteiger partial charge in [-0.3, -0.25) is 9.59 Å². The number of aryl methyl sites for hydroxylation is 2. The molecule has 1 amide bonds. The molecule has 7 heteroatoms. The maximum absolute atomic E-state index is 13.0. The van der Waals surface area contributed by atoms with E-state index in [9.17, 15) is 18.0 Å². The lowest BCUT2D eigenvalue weighted by atomic mass is 9.94. The standard InChI is InChI=1S/C20H28N2O4S/c1-14-6-7-17(13-15(14)2)19(23)18-5-4-10-22(18)20(24)16-8-11-21(12-9-16)27(3,25)26/h6-7,13,16,18H,4-5,8-12H2,1-3H3. The normalized spacial score (nSPS) is 22.2. The van der Waals surface area contributed by atoms with E-state index < -0.39 is 16.1 Å². The van der Waals surface area contributed by atoms with Crippen LogP contribution in [-0.4, -0.2) is 61.2 Å². The quantitative estimate of drug-likeness (QED) is 0.736. The van der Waals surface area contributed by atoms with Crippen LogP contribution in [0.4, 0.5) is 0 Å². The molecule has 0 spiro atoms. The minimum Gasteiger partial charge on any atom is -0.332 e. The number of benzene rings is 1. The smallest absolute Gasteiger partial charge is 0.226 e. The van der Waals surface area contributed by atoms with Crippen LogP contribution >= 0.6 is 0 Å². The molecule has 1 aromatic carbocycles. The van der Waals surface area contributed by atoms with Crippen LogP contribution in [0.25, 0.3) is 0 Å². The fourth-order valence-electron chi connectivity index (χ4n) is 4.06. The number of carbonyl (C=O) groups is 2. The summed E-state index contributed by atoms with van der Waals surface area (Å²) in [6, 6.07) is 5.30. The first-order chi connectivity index (χ1) is 12.7. The Morgan fingerprint density at radius 1 is 1.00 bits per heavy atom. The van der Waals surface area contributed by atoms with Gasteiger partial charge in [0.05, 0.1) is 12.3 Å². The van der Waals surface area contributed by atoms with Gasteiger partial charge in [-0.2, -0.15) is 0 Å². The van der Waals surface area contributed by atoms with Crippen LogP contribution in [0.5, 0.6) is 0 Å². The number of ketones is 1. The molecule has 2 aliphatic rings. The zero-order chi connectivity index (χ0) is 19.8. The van der Waals surface area contributed by atoms with Crippen molar-refractivity contribution in [2.45, 2.75) is 45.6 Å². The third-order valence-electron chi connectivity index (χ3n) is 5.90. The summed E-state index contributed by atoms with van der Waals surface area (Å²) in [5.74, 6) is -0.184. The van der Waals surface area contributed by atoms with Gasteiger partial charge in [-0.25, -0.2) is 12.7 Å². The minimum absolute atomic E-state index is 0.00262. The summed E-state index contributed by atoms with van der Waals surface area (Å²) in [5, 5.41) is 0. The molecular weight excluding hydrogens is 364 g/mol. The number of piperidine rings is 1. The topological polar surface area (TPSA) is 74.8 Å². The molecule has 1 atom stereocenters. The molecule has 27 heavy (non-hydrogen) atoms. The highest BCUT2D eigenvalue weighted by Gasteiger charge is 2.39. The van der Waals surface area contributed by atoms with Crippen LogP contribution < -0.4 is 0 Å². The lowest BCUT2D eigenvalue weighted by Gasteiger charge is -2.33. The van der Waals surface area contributed by atoms with Crippen molar-refractivity contribution in [2.24, 2.45) is 5.92 Å². The number of rotatable bonds is 4. The van der Waals surface area contributed by atoms with Crippen LogP contribution in [0.1, 0.15) is 47.2 Å². The molecule has 2 fully saturated rings. The van der Waals surface area contributed by atoms with Crippen molar-refractivity contribution in [1.82, 2.24) is 9.21 Å². The van der Waals surface area contributed by atoms with Crippen molar-refractivity contribution in [1.29, 1.82) is 0 Å². The van der Waals surface area contributed by atoms with Gasteiger partial charge in [0.15, 0.2) is 5.78 Å². The summed E-state index contributed by atoms with van der Waals surface area (Å²) in [6.07, 6.45) is 3.77. The minimum atomic E-state index is -3.21. The van der Waals surface area contributed by atoms with Crippen LogP contribution in [0.3, 0.4) is 0 Å². The second kappa shape index (κ2) is 7.72. The number of hydrogen-bond acceptors (Lipinski definition) is 4. The molecule has 0 radical (unpaired) electrons. The summed E-state index contributed by atoms with van der Waals surface area (Å²) in [4.78, 5) is 27.8. The molecule has 1 unspecified atom stereocenters. The van der Waals surface area contributed by atoms with Crippen molar-refractivity contribution >= 4 is 21.7 Å². The Labute approximate surface area is 161 Å². The summed E-state index contributed by atoms with van der Waals surface area (Å²) in [5.41, 5.74) is 2.88. The molecule has 148 valence electrons. The van der Waals surface area contributed by atoms with Crippen LogP contribution in [0.2, 0.25) is 0 Å². The van der Waals surface area contributed by atoms with E-state index in [0.29, 0.717) is 44.5 Å². The lowest BCUT2D eigenvalue weighted by molar-refractivity contribution is -0.136. The summed E-state index contributed by atoms with van der Waals surface area (Å²) in [7, 11) is -3.21. The average molecular weight is 393 g/mol. The van der Waals surface area contributed by atoms with Gasteiger partial charge >= 0.3 is 0 Å². The number of likely N-dealkylation sites (tertiary alicyclic amines) is 1. The highest BCUT2D eigenvalue weighted by Crippen LogP contribution is 2.28. The Kier molecular flexibility index (Phi) is 5.72. The Morgan fingerprint density at radius 3 is 2.26 bits per heavy atom. The van der Waals surface area contributed by atoms with E-state index in [1.165, 1.54) is 10.6 Å². The molecule has 3 rings (SSSR count). The Bertz CT molecular complexity index is 842. The summed E-state index contributed by atoms with van der Waals surface area (Å²) < 4.78 is 24.7. The Balaban J connectivity index is 1.70. The molecule has 0 aromatic heterocycles. The molecule has 0 N–H and O–H groups in total. The molecule has 0 bridgehead atoms.